The van der Waals surface area contributed by atoms with E-state index in [1.54, 1.807) is 0 Å². The van der Waals surface area contributed by atoms with E-state index >= 15 is 0 Å². The zero-order valence-electron chi connectivity index (χ0n) is 10.6. The van der Waals surface area contributed by atoms with Crippen LogP contribution in [0.3, 0.4) is 0 Å². The smallest absolute Gasteiger partial charge is 0.0676 e. The van der Waals surface area contributed by atoms with Gasteiger partial charge in [-0.1, -0.05) is 33.6 Å². The third kappa shape index (κ3) is 3.18. The SMILES string of the molecule is CCNC1CCC(O)(C(CC)CC)CC1. The second-order valence-electron chi connectivity index (χ2n) is 4.95. The molecule has 2 N–H and O–H groups in total. The molecule has 1 rings (SSSR count). The minimum atomic E-state index is -0.366. The maximum absolute atomic E-state index is 10.6. The van der Waals surface area contributed by atoms with E-state index in [2.05, 4.69) is 26.1 Å². The highest BCUT2D eigenvalue weighted by molar-refractivity contribution is 4.92. The molecule has 15 heavy (non-hydrogen) atoms. The first-order valence-corrected chi connectivity index (χ1v) is 6.62. The summed E-state index contributed by atoms with van der Waals surface area (Å²) >= 11 is 0. The van der Waals surface area contributed by atoms with Crippen molar-refractivity contribution < 1.29 is 5.11 Å². The molecule has 0 spiro atoms. The van der Waals surface area contributed by atoms with Crippen LogP contribution in [0.25, 0.3) is 0 Å². The van der Waals surface area contributed by atoms with Gasteiger partial charge in [-0.25, -0.2) is 0 Å². The molecule has 0 heterocycles. The molecule has 0 bridgehead atoms. The lowest BCUT2D eigenvalue weighted by molar-refractivity contribution is -0.0572. The number of rotatable bonds is 5. The van der Waals surface area contributed by atoms with Crippen LogP contribution in [0.2, 0.25) is 0 Å². The highest BCUT2D eigenvalue weighted by atomic mass is 16.3. The summed E-state index contributed by atoms with van der Waals surface area (Å²) in [7, 11) is 0. The van der Waals surface area contributed by atoms with Gasteiger partial charge in [0.1, 0.15) is 0 Å². The van der Waals surface area contributed by atoms with Gasteiger partial charge in [0, 0.05) is 6.04 Å². The van der Waals surface area contributed by atoms with Crippen LogP contribution in [0.1, 0.15) is 59.3 Å². The Morgan fingerprint density at radius 3 is 2.13 bits per heavy atom. The van der Waals surface area contributed by atoms with E-state index in [1.165, 1.54) is 0 Å². The predicted octanol–water partition coefficient (Wildman–Crippen LogP) is 2.71. The summed E-state index contributed by atoms with van der Waals surface area (Å²) in [6.45, 7) is 7.60. The fourth-order valence-corrected chi connectivity index (χ4v) is 3.07. The van der Waals surface area contributed by atoms with Gasteiger partial charge in [-0.05, 0) is 38.1 Å². The molecule has 0 amide bonds. The standard InChI is InChI=1S/C13H27NO/c1-4-11(5-2)13(15)9-7-12(8-10-13)14-6-3/h11-12,14-15H,4-10H2,1-3H3. The lowest BCUT2D eigenvalue weighted by Crippen LogP contribution is -2.45. The normalized spacial score (nSPS) is 32.2. The lowest BCUT2D eigenvalue weighted by Gasteiger charge is -2.41. The van der Waals surface area contributed by atoms with Gasteiger partial charge < -0.3 is 10.4 Å². The molecule has 0 atom stereocenters. The molecule has 1 aliphatic carbocycles. The Labute approximate surface area is 94.5 Å². The summed E-state index contributed by atoms with van der Waals surface area (Å²) in [6, 6.07) is 0.643. The van der Waals surface area contributed by atoms with Gasteiger partial charge in [-0.2, -0.15) is 0 Å². The monoisotopic (exact) mass is 213 g/mol. The summed E-state index contributed by atoms with van der Waals surface area (Å²) in [5.74, 6) is 0.500. The van der Waals surface area contributed by atoms with Crippen LogP contribution >= 0.6 is 0 Å². The Hall–Kier alpha value is -0.0800. The van der Waals surface area contributed by atoms with E-state index in [0.717, 1.165) is 45.1 Å². The summed E-state index contributed by atoms with van der Waals surface area (Å²) in [4.78, 5) is 0. The molecule has 0 aromatic carbocycles. The van der Waals surface area contributed by atoms with Crippen LogP contribution in [-0.4, -0.2) is 23.3 Å². The Morgan fingerprint density at radius 1 is 1.20 bits per heavy atom. The third-order valence-corrected chi connectivity index (χ3v) is 4.09. The minimum Gasteiger partial charge on any atom is -0.390 e. The van der Waals surface area contributed by atoms with E-state index in [1.807, 2.05) is 0 Å². The van der Waals surface area contributed by atoms with Crippen molar-refractivity contribution >= 4 is 0 Å². The molecule has 90 valence electrons. The Balaban J connectivity index is 2.46. The van der Waals surface area contributed by atoms with Crippen LogP contribution in [0.4, 0.5) is 0 Å². The lowest BCUT2D eigenvalue weighted by atomic mass is 9.72. The summed E-state index contributed by atoms with van der Waals surface area (Å²) in [6.07, 6.45) is 6.47. The van der Waals surface area contributed by atoms with Crippen LogP contribution in [0, 0.1) is 5.92 Å². The van der Waals surface area contributed by atoms with Crippen LogP contribution in [0.5, 0.6) is 0 Å². The Bertz CT molecular complexity index is 169. The first-order valence-electron chi connectivity index (χ1n) is 6.62. The Morgan fingerprint density at radius 2 is 1.73 bits per heavy atom. The number of aliphatic hydroxyl groups is 1. The summed E-state index contributed by atoms with van der Waals surface area (Å²) < 4.78 is 0. The molecule has 0 aromatic heterocycles. The van der Waals surface area contributed by atoms with Crippen molar-refractivity contribution in [2.45, 2.75) is 70.9 Å². The fourth-order valence-electron chi connectivity index (χ4n) is 3.07. The zero-order chi connectivity index (χ0) is 11.3. The third-order valence-electron chi connectivity index (χ3n) is 4.09. The van der Waals surface area contributed by atoms with Crippen molar-refractivity contribution in [3.63, 3.8) is 0 Å². The fraction of sp³-hybridized carbons (Fsp3) is 1.00. The number of hydrogen-bond donors (Lipinski definition) is 2. The molecule has 1 fully saturated rings. The van der Waals surface area contributed by atoms with Crippen molar-refractivity contribution in [3.8, 4) is 0 Å². The highest BCUT2D eigenvalue weighted by Crippen LogP contribution is 2.37. The molecule has 0 aliphatic heterocycles. The second-order valence-corrected chi connectivity index (χ2v) is 4.95. The van der Waals surface area contributed by atoms with Gasteiger partial charge in [0.05, 0.1) is 5.60 Å². The van der Waals surface area contributed by atoms with Crippen molar-refractivity contribution in [1.82, 2.24) is 5.32 Å². The first kappa shape index (κ1) is 13.0. The van der Waals surface area contributed by atoms with Crippen molar-refractivity contribution in [1.29, 1.82) is 0 Å². The molecule has 2 heteroatoms. The second kappa shape index (κ2) is 5.86. The molecule has 0 radical (unpaired) electrons. The van der Waals surface area contributed by atoms with E-state index in [0.29, 0.717) is 12.0 Å². The minimum absolute atomic E-state index is 0.366. The van der Waals surface area contributed by atoms with Gasteiger partial charge in [0.25, 0.3) is 0 Å². The quantitative estimate of drug-likeness (QED) is 0.736. The van der Waals surface area contributed by atoms with E-state index in [9.17, 15) is 5.11 Å². The molecular weight excluding hydrogens is 186 g/mol. The van der Waals surface area contributed by atoms with E-state index in [4.69, 9.17) is 0 Å². The topological polar surface area (TPSA) is 32.3 Å². The van der Waals surface area contributed by atoms with Gasteiger partial charge >= 0.3 is 0 Å². The van der Waals surface area contributed by atoms with Crippen LogP contribution in [0.15, 0.2) is 0 Å². The average molecular weight is 213 g/mol. The first-order chi connectivity index (χ1) is 7.16. The average Bonchev–Trinajstić information content (AvgIpc) is 2.24. The molecular formula is C13H27NO. The number of hydrogen-bond acceptors (Lipinski definition) is 2. The summed E-state index contributed by atoms with van der Waals surface area (Å²) in [5, 5.41) is 14.1. The Kier molecular flexibility index (Phi) is 5.07. The van der Waals surface area contributed by atoms with Crippen molar-refractivity contribution in [2.75, 3.05) is 6.54 Å². The molecule has 1 saturated carbocycles. The van der Waals surface area contributed by atoms with Crippen LogP contribution in [-0.2, 0) is 0 Å². The van der Waals surface area contributed by atoms with Gasteiger partial charge in [0.15, 0.2) is 0 Å². The maximum atomic E-state index is 10.6. The van der Waals surface area contributed by atoms with Crippen LogP contribution < -0.4 is 5.32 Å². The van der Waals surface area contributed by atoms with Gasteiger partial charge in [0.2, 0.25) is 0 Å². The van der Waals surface area contributed by atoms with Crippen molar-refractivity contribution in [3.05, 3.63) is 0 Å². The molecule has 2 nitrogen and oxygen atoms in total. The van der Waals surface area contributed by atoms with Crippen molar-refractivity contribution in [2.24, 2.45) is 5.92 Å². The van der Waals surface area contributed by atoms with E-state index in [-0.39, 0.29) is 5.60 Å². The molecule has 0 aromatic rings. The van der Waals surface area contributed by atoms with E-state index < -0.39 is 0 Å². The zero-order valence-corrected chi connectivity index (χ0v) is 10.6. The van der Waals surface area contributed by atoms with Gasteiger partial charge in [-0.15, -0.1) is 0 Å². The van der Waals surface area contributed by atoms with Gasteiger partial charge in [-0.3, -0.25) is 0 Å². The number of nitrogens with one attached hydrogen (secondary N) is 1. The summed E-state index contributed by atoms with van der Waals surface area (Å²) in [5.41, 5.74) is -0.366. The maximum Gasteiger partial charge on any atom is 0.0676 e. The molecule has 0 unspecified atom stereocenters. The molecule has 1 aliphatic rings. The highest BCUT2D eigenvalue weighted by Gasteiger charge is 2.37. The molecule has 0 saturated heterocycles. The predicted molar refractivity (Wildman–Crippen MR) is 65.0 cm³/mol. The largest absolute Gasteiger partial charge is 0.390 e.